The van der Waals surface area contributed by atoms with Gasteiger partial charge in [0.05, 0.1) is 5.56 Å². The molecule has 3 nitrogen and oxygen atoms in total. The Morgan fingerprint density at radius 2 is 2.29 bits per heavy atom. The highest BCUT2D eigenvalue weighted by Gasteiger charge is 2.18. The number of nitrogens with one attached hydrogen (secondary N) is 1. The van der Waals surface area contributed by atoms with Crippen LogP contribution >= 0.6 is 0 Å². The summed E-state index contributed by atoms with van der Waals surface area (Å²) in [4.78, 5) is 2.29. The lowest BCUT2D eigenvalue weighted by Crippen LogP contribution is -2.43. The lowest BCUT2D eigenvalue weighted by atomic mass is 10.0. The maximum absolute atomic E-state index is 14.2. The number of hydrogen-bond acceptors (Lipinski definition) is 3. The summed E-state index contributed by atoms with van der Waals surface area (Å²) < 4.78 is 14.2. The topological polar surface area (TPSA) is 39.1 Å². The number of benzene rings is 1. The molecule has 1 unspecified atom stereocenters. The van der Waals surface area contributed by atoms with E-state index in [1.807, 2.05) is 6.07 Å². The number of halogens is 1. The van der Waals surface area contributed by atoms with Crippen LogP contribution in [0.5, 0.6) is 0 Å². The van der Waals surface area contributed by atoms with E-state index < -0.39 is 0 Å². The van der Waals surface area contributed by atoms with E-state index in [4.69, 9.17) is 5.26 Å². The van der Waals surface area contributed by atoms with Gasteiger partial charge in [0.2, 0.25) is 0 Å². The van der Waals surface area contributed by atoms with Gasteiger partial charge in [-0.3, -0.25) is 4.90 Å². The third kappa shape index (κ3) is 4.52. The van der Waals surface area contributed by atoms with Gasteiger partial charge in [0, 0.05) is 24.7 Å². The van der Waals surface area contributed by atoms with Gasteiger partial charge in [-0.05, 0) is 38.4 Å². The smallest absolute Gasteiger partial charge is 0.145 e. The molecule has 0 amide bonds. The predicted molar refractivity (Wildman–Crippen MR) is 82.3 cm³/mol. The molecule has 21 heavy (non-hydrogen) atoms. The monoisotopic (exact) mass is 289 g/mol. The Bertz CT molecular complexity index is 489. The molecule has 1 aliphatic rings. The Kier molecular flexibility index (Phi) is 6.16. The third-order valence-electron chi connectivity index (χ3n) is 4.02. The van der Waals surface area contributed by atoms with Crippen molar-refractivity contribution in [3.05, 3.63) is 35.1 Å². The van der Waals surface area contributed by atoms with Gasteiger partial charge in [-0.15, -0.1) is 0 Å². The fourth-order valence-electron chi connectivity index (χ4n) is 2.97. The second-order valence-electron chi connectivity index (χ2n) is 5.77. The molecular formula is C17H24FN3. The van der Waals surface area contributed by atoms with Crippen molar-refractivity contribution in [3.63, 3.8) is 0 Å². The van der Waals surface area contributed by atoms with E-state index in [1.54, 1.807) is 12.1 Å². The molecule has 2 rings (SSSR count). The molecule has 0 radical (unpaired) electrons. The van der Waals surface area contributed by atoms with Crippen molar-refractivity contribution in [2.45, 2.75) is 45.2 Å². The Morgan fingerprint density at radius 3 is 2.95 bits per heavy atom. The summed E-state index contributed by atoms with van der Waals surface area (Å²) in [6, 6.07) is 7.51. The molecule has 1 aromatic carbocycles. The van der Waals surface area contributed by atoms with E-state index in [2.05, 4.69) is 17.1 Å². The zero-order chi connectivity index (χ0) is 15.1. The fraction of sp³-hybridized carbons (Fsp3) is 0.588. The molecule has 1 atom stereocenters. The molecule has 1 fully saturated rings. The highest BCUT2D eigenvalue weighted by Crippen LogP contribution is 2.16. The zero-order valence-corrected chi connectivity index (χ0v) is 12.7. The van der Waals surface area contributed by atoms with Gasteiger partial charge in [-0.1, -0.05) is 25.5 Å². The minimum absolute atomic E-state index is 0.139. The van der Waals surface area contributed by atoms with Gasteiger partial charge in [0.15, 0.2) is 0 Å². The van der Waals surface area contributed by atoms with Crippen molar-refractivity contribution < 1.29 is 4.39 Å². The molecule has 0 aliphatic carbocycles. The Balaban J connectivity index is 2.03. The molecule has 0 saturated carbocycles. The average Bonchev–Trinajstić information content (AvgIpc) is 2.50. The first-order chi connectivity index (χ1) is 10.2. The van der Waals surface area contributed by atoms with E-state index in [1.165, 1.54) is 25.3 Å². The van der Waals surface area contributed by atoms with Crippen LogP contribution in [-0.4, -0.2) is 30.6 Å². The summed E-state index contributed by atoms with van der Waals surface area (Å²) in [7, 11) is 0. The summed E-state index contributed by atoms with van der Waals surface area (Å²) in [5.74, 6) is -0.363. The molecule has 0 spiro atoms. The van der Waals surface area contributed by atoms with Crippen molar-refractivity contribution in [1.82, 2.24) is 10.2 Å². The van der Waals surface area contributed by atoms with Crippen molar-refractivity contribution in [1.29, 1.82) is 5.26 Å². The number of hydrogen-bond donors (Lipinski definition) is 1. The van der Waals surface area contributed by atoms with Gasteiger partial charge >= 0.3 is 0 Å². The van der Waals surface area contributed by atoms with Gasteiger partial charge in [0.1, 0.15) is 11.9 Å². The van der Waals surface area contributed by atoms with Gasteiger partial charge in [0.25, 0.3) is 0 Å². The summed E-state index contributed by atoms with van der Waals surface area (Å²) in [5.41, 5.74) is 0.762. The van der Waals surface area contributed by atoms with E-state index in [-0.39, 0.29) is 11.4 Å². The Morgan fingerprint density at radius 1 is 1.43 bits per heavy atom. The highest BCUT2D eigenvalue weighted by atomic mass is 19.1. The van der Waals surface area contributed by atoms with Crippen molar-refractivity contribution in [2.75, 3.05) is 19.6 Å². The van der Waals surface area contributed by atoms with Gasteiger partial charge < -0.3 is 5.32 Å². The van der Waals surface area contributed by atoms with Crippen LogP contribution in [0.3, 0.4) is 0 Å². The quantitative estimate of drug-likeness (QED) is 0.875. The summed E-state index contributed by atoms with van der Waals surface area (Å²) in [5, 5.41) is 12.5. The summed E-state index contributed by atoms with van der Waals surface area (Å²) in [6.07, 6.45) is 4.77. The first-order valence-electron chi connectivity index (χ1n) is 7.87. The van der Waals surface area contributed by atoms with E-state index in [0.29, 0.717) is 18.2 Å². The van der Waals surface area contributed by atoms with Crippen LogP contribution in [0, 0.1) is 17.1 Å². The summed E-state index contributed by atoms with van der Waals surface area (Å²) >= 11 is 0. The largest absolute Gasteiger partial charge is 0.313 e. The Hall–Kier alpha value is -1.44. The van der Waals surface area contributed by atoms with Crippen LogP contribution in [0.1, 0.15) is 43.7 Å². The van der Waals surface area contributed by atoms with E-state index in [9.17, 15) is 4.39 Å². The number of piperidine rings is 1. The maximum atomic E-state index is 14.2. The maximum Gasteiger partial charge on any atom is 0.145 e. The fourth-order valence-corrected chi connectivity index (χ4v) is 2.97. The minimum atomic E-state index is -0.363. The minimum Gasteiger partial charge on any atom is -0.313 e. The zero-order valence-electron chi connectivity index (χ0n) is 12.7. The van der Waals surface area contributed by atoms with Crippen LogP contribution in [0.15, 0.2) is 18.2 Å². The number of nitriles is 1. The second kappa shape index (κ2) is 8.11. The Labute approximate surface area is 126 Å². The first-order valence-corrected chi connectivity index (χ1v) is 7.87. The van der Waals surface area contributed by atoms with Gasteiger partial charge in [-0.25, -0.2) is 4.39 Å². The van der Waals surface area contributed by atoms with Crippen LogP contribution in [-0.2, 0) is 6.54 Å². The second-order valence-corrected chi connectivity index (χ2v) is 5.77. The third-order valence-corrected chi connectivity index (χ3v) is 4.02. The molecule has 1 aliphatic heterocycles. The molecule has 0 aromatic heterocycles. The van der Waals surface area contributed by atoms with Crippen molar-refractivity contribution in [3.8, 4) is 6.07 Å². The summed E-state index contributed by atoms with van der Waals surface area (Å²) in [6.45, 7) is 5.71. The van der Waals surface area contributed by atoms with Crippen LogP contribution in [0.2, 0.25) is 0 Å². The van der Waals surface area contributed by atoms with Crippen molar-refractivity contribution >= 4 is 0 Å². The van der Waals surface area contributed by atoms with Crippen molar-refractivity contribution in [2.24, 2.45) is 0 Å². The van der Waals surface area contributed by atoms with E-state index >= 15 is 0 Å². The molecule has 4 heteroatoms. The standard InChI is InChI=1S/C17H24FN3/c1-2-10-21(13-16-8-3-4-9-20-16)12-15-7-5-6-14(11-19)17(15)18/h5-7,16,20H,2-4,8-10,12-13H2,1H3. The van der Waals surface area contributed by atoms with E-state index in [0.717, 1.165) is 26.1 Å². The van der Waals surface area contributed by atoms with Crippen LogP contribution < -0.4 is 5.32 Å². The molecule has 1 aromatic rings. The molecule has 1 saturated heterocycles. The lowest BCUT2D eigenvalue weighted by Gasteiger charge is -2.30. The normalized spacial score (nSPS) is 18.7. The number of nitrogens with zero attached hydrogens (tertiary/aromatic N) is 2. The van der Waals surface area contributed by atoms with Gasteiger partial charge in [-0.2, -0.15) is 5.26 Å². The van der Waals surface area contributed by atoms with Crippen LogP contribution in [0.4, 0.5) is 4.39 Å². The molecule has 114 valence electrons. The predicted octanol–water partition coefficient (Wildman–Crippen LogP) is 3.05. The number of rotatable bonds is 6. The lowest BCUT2D eigenvalue weighted by molar-refractivity contribution is 0.215. The highest BCUT2D eigenvalue weighted by molar-refractivity contribution is 5.34. The SMILES string of the molecule is CCCN(Cc1cccc(C#N)c1F)CC1CCCCN1. The molecular weight excluding hydrogens is 265 g/mol. The first kappa shape index (κ1) is 15.9. The molecule has 1 heterocycles. The van der Waals surface area contributed by atoms with Crippen LogP contribution in [0.25, 0.3) is 0 Å². The molecule has 0 bridgehead atoms. The average molecular weight is 289 g/mol. The molecule has 1 N–H and O–H groups in total.